The number of nitrogens with zero attached hydrogens (tertiary/aromatic N) is 2. The fourth-order valence-electron chi connectivity index (χ4n) is 3.22. The predicted molar refractivity (Wildman–Crippen MR) is 109 cm³/mol. The number of hydrogen-bond acceptors (Lipinski definition) is 4. The summed E-state index contributed by atoms with van der Waals surface area (Å²) in [7, 11) is 1.77. The van der Waals surface area contributed by atoms with Crippen LogP contribution in [-0.2, 0) is 11.3 Å². The van der Waals surface area contributed by atoms with Crippen LogP contribution < -0.4 is 21.1 Å². The van der Waals surface area contributed by atoms with E-state index in [4.69, 9.17) is 10.5 Å². The number of carbonyl (C=O) groups excluding carboxylic acids is 1. The summed E-state index contributed by atoms with van der Waals surface area (Å²) in [5.74, 6) is 0.908. The Balaban J connectivity index is 1.83. The first kappa shape index (κ1) is 21.0. The number of piperidine rings is 1. The summed E-state index contributed by atoms with van der Waals surface area (Å²) in [5.41, 5.74) is 6.23. The fourth-order valence-corrected chi connectivity index (χ4v) is 3.22. The molecule has 1 heterocycles. The minimum absolute atomic E-state index is 0.0839. The lowest BCUT2D eigenvalue weighted by Gasteiger charge is -2.41. The summed E-state index contributed by atoms with van der Waals surface area (Å²) < 4.78 is 5.35. The normalized spacial score (nSPS) is 16.0. The molecule has 27 heavy (non-hydrogen) atoms. The zero-order valence-electron chi connectivity index (χ0n) is 16.8. The Labute approximate surface area is 162 Å². The van der Waals surface area contributed by atoms with Crippen molar-refractivity contribution in [2.45, 2.75) is 45.2 Å². The van der Waals surface area contributed by atoms with Crippen molar-refractivity contribution >= 4 is 11.9 Å². The van der Waals surface area contributed by atoms with E-state index in [0.717, 1.165) is 18.1 Å². The van der Waals surface area contributed by atoms with Gasteiger partial charge in [0.05, 0.1) is 0 Å². The molecule has 1 aliphatic heterocycles. The number of likely N-dealkylation sites (tertiary alicyclic amines) is 1. The maximum Gasteiger partial charge on any atom is 0.255 e. The molecule has 0 unspecified atom stereocenters. The van der Waals surface area contributed by atoms with Gasteiger partial charge in [0, 0.05) is 25.7 Å². The monoisotopic (exact) mass is 375 g/mol. The van der Waals surface area contributed by atoms with Crippen molar-refractivity contribution in [1.82, 2.24) is 15.5 Å². The quantitative estimate of drug-likeness (QED) is 0.473. The molecule has 2 rings (SSSR count). The summed E-state index contributed by atoms with van der Waals surface area (Å²) in [4.78, 5) is 17.7. The van der Waals surface area contributed by atoms with E-state index in [0.29, 0.717) is 12.3 Å². The third kappa shape index (κ3) is 7.09. The zero-order chi connectivity index (χ0) is 19.7. The van der Waals surface area contributed by atoms with E-state index in [9.17, 15) is 4.79 Å². The van der Waals surface area contributed by atoms with Crippen molar-refractivity contribution in [2.24, 2.45) is 10.7 Å². The lowest BCUT2D eigenvalue weighted by atomic mass is 9.98. The van der Waals surface area contributed by atoms with E-state index >= 15 is 0 Å². The molecular weight excluding hydrogens is 342 g/mol. The average Bonchev–Trinajstić information content (AvgIpc) is 2.67. The van der Waals surface area contributed by atoms with Gasteiger partial charge in [-0.15, -0.1) is 0 Å². The molecule has 0 aromatic heterocycles. The number of amides is 1. The van der Waals surface area contributed by atoms with E-state index in [-0.39, 0.29) is 12.1 Å². The van der Waals surface area contributed by atoms with E-state index in [2.05, 4.69) is 34.4 Å². The minimum atomic E-state index is -0.487. The summed E-state index contributed by atoms with van der Waals surface area (Å²) in [6.07, 6.45) is 3.90. The van der Waals surface area contributed by atoms with Crippen molar-refractivity contribution in [3.05, 3.63) is 29.8 Å². The van der Waals surface area contributed by atoms with Gasteiger partial charge in [0.25, 0.3) is 5.91 Å². The number of primary amides is 1. The van der Waals surface area contributed by atoms with Crippen molar-refractivity contribution in [3.8, 4) is 5.75 Å². The molecule has 0 saturated carbocycles. The molecule has 150 valence electrons. The Morgan fingerprint density at radius 3 is 2.67 bits per heavy atom. The highest BCUT2D eigenvalue weighted by molar-refractivity contribution is 5.79. The van der Waals surface area contributed by atoms with Crippen molar-refractivity contribution < 1.29 is 9.53 Å². The third-order valence-corrected chi connectivity index (χ3v) is 4.86. The van der Waals surface area contributed by atoms with Crippen LogP contribution in [-0.4, -0.2) is 55.6 Å². The number of benzene rings is 1. The van der Waals surface area contributed by atoms with Gasteiger partial charge in [0.1, 0.15) is 5.75 Å². The molecule has 1 aromatic rings. The van der Waals surface area contributed by atoms with Crippen LogP contribution in [0.2, 0.25) is 0 Å². The first-order chi connectivity index (χ1) is 12.9. The molecule has 1 saturated heterocycles. The van der Waals surface area contributed by atoms with Crippen LogP contribution in [0.3, 0.4) is 0 Å². The highest BCUT2D eigenvalue weighted by atomic mass is 16.5. The van der Waals surface area contributed by atoms with E-state index < -0.39 is 5.91 Å². The number of aliphatic imine (C=N–C) groups is 1. The lowest BCUT2D eigenvalue weighted by molar-refractivity contribution is -0.119. The molecule has 0 aliphatic carbocycles. The standard InChI is InChI=1S/C20H33N5O2/c1-20(2,25-10-5-4-6-11-25)15-24-19(22-3)23-13-16-8-7-9-17(12-16)27-14-18(21)26/h7-9,12H,4-6,10-11,13-15H2,1-3H3,(H2,21,26)(H2,22,23,24). The number of guanidine groups is 1. The van der Waals surface area contributed by atoms with E-state index in [1.807, 2.05) is 18.2 Å². The van der Waals surface area contributed by atoms with E-state index in [1.165, 1.54) is 32.4 Å². The van der Waals surface area contributed by atoms with Crippen molar-refractivity contribution in [2.75, 3.05) is 33.3 Å². The predicted octanol–water partition coefficient (Wildman–Crippen LogP) is 1.48. The number of rotatable bonds is 8. The molecule has 0 spiro atoms. The molecule has 0 atom stereocenters. The van der Waals surface area contributed by atoms with Crippen LogP contribution in [0.15, 0.2) is 29.3 Å². The summed E-state index contributed by atoms with van der Waals surface area (Å²) >= 11 is 0. The van der Waals surface area contributed by atoms with Crippen molar-refractivity contribution in [3.63, 3.8) is 0 Å². The molecule has 1 fully saturated rings. The first-order valence-corrected chi connectivity index (χ1v) is 9.60. The second-order valence-corrected chi connectivity index (χ2v) is 7.54. The van der Waals surface area contributed by atoms with Crippen LogP contribution in [0.25, 0.3) is 0 Å². The Morgan fingerprint density at radius 2 is 2.00 bits per heavy atom. The van der Waals surface area contributed by atoms with Crippen molar-refractivity contribution in [1.29, 1.82) is 0 Å². The van der Waals surface area contributed by atoms with Gasteiger partial charge in [-0.05, 0) is 57.5 Å². The van der Waals surface area contributed by atoms with Crippen LogP contribution in [0, 0.1) is 0 Å². The van der Waals surface area contributed by atoms with Gasteiger partial charge in [-0.25, -0.2) is 0 Å². The lowest BCUT2D eigenvalue weighted by Crippen LogP contribution is -2.54. The summed E-state index contributed by atoms with van der Waals surface area (Å²) in [6, 6.07) is 7.58. The molecule has 7 nitrogen and oxygen atoms in total. The third-order valence-electron chi connectivity index (χ3n) is 4.86. The highest BCUT2D eigenvalue weighted by Gasteiger charge is 2.27. The van der Waals surface area contributed by atoms with Crippen LogP contribution in [0.5, 0.6) is 5.75 Å². The van der Waals surface area contributed by atoms with Crippen LogP contribution in [0.1, 0.15) is 38.7 Å². The number of carbonyl (C=O) groups is 1. The number of nitrogens with two attached hydrogens (primary N) is 1. The first-order valence-electron chi connectivity index (χ1n) is 9.60. The highest BCUT2D eigenvalue weighted by Crippen LogP contribution is 2.19. The van der Waals surface area contributed by atoms with E-state index in [1.54, 1.807) is 13.1 Å². The van der Waals surface area contributed by atoms with Gasteiger partial charge >= 0.3 is 0 Å². The molecule has 7 heteroatoms. The van der Waals surface area contributed by atoms with Crippen LogP contribution in [0.4, 0.5) is 0 Å². The van der Waals surface area contributed by atoms with Gasteiger partial charge in [-0.3, -0.25) is 14.7 Å². The molecule has 4 N–H and O–H groups in total. The second-order valence-electron chi connectivity index (χ2n) is 7.54. The number of hydrogen-bond donors (Lipinski definition) is 3. The van der Waals surface area contributed by atoms with Gasteiger partial charge in [-0.2, -0.15) is 0 Å². The second kappa shape index (κ2) is 10.2. The maximum absolute atomic E-state index is 10.8. The van der Waals surface area contributed by atoms with Crippen LogP contribution >= 0.6 is 0 Å². The van der Waals surface area contributed by atoms with Gasteiger partial charge < -0.3 is 21.1 Å². The molecule has 1 amide bonds. The smallest absolute Gasteiger partial charge is 0.255 e. The topological polar surface area (TPSA) is 92.0 Å². The molecular formula is C20H33N5O2. The summed E-state index contributed by atoms with van der Waals surface area (Å²) in [5, 5.41) is 6.76. The summed E-state index contributed by atoms with van der Waals surface area (Å²) in [6.45, 7) is 8.20. The number of nitrogens with one attached hydrogen (secondary N) is 2. The Morgan fingerprint density at radius 1 is 1.26 bits per heavy atom. The average molecular weight is 376 g/mol. The number of ether oxygens (including phenoxy) is 1. The Bertz CT molecular complexity index is 639. The SMILES string of the molecule is CN=C(NCc1cccc(OCC(N)=O)c1)NCC(C)(C)N1CCCCC1. The Kier molecular flexibility index (Phi) is 7.91. The molecule has 1 aliphatic rings. The molecule has 0 bridgehead atoms. The minimum Gasteiger partial charge on any atom is -0.484 e. The Hall–Kier alpha value is -2.28. The molecule has 0 radical (unpaired) electrons. The largest absolute Gasteiger partial charge is 0.484 e. The fraction of sp³-hybridized carbons (Fsp3) is 0.600. The zero-order valence-corrected chi connectivity index (χ0v) is 16.8. The maximum atomic E-state index is 10.8. The van der Waals surface area contributed by atoms with Gasteiger partial charge in [0.15, 0.2) is 12.6 Å². The molecule has 1 aromatic carbocycles. The van der Waals surface area contributed by atoms with Gasteiger partial charge in [0.2, 0.25) is 0 Å². The van der Waals surface area contributed by atoms with Gasteiger partial charge in [-0.1, -0.05) is 18.6 Å².